The minimum atomic E-state index is -0.339. The first-order valence-corrected chi connectivity index (χ1v) is 6.74. The standard InChI is InChI=1S/C15H17FN4/c1-10-14(16)15(19-9-18-10)20(12-6-7-12)8-11-4-2-3-5-13(11)17/h2-5,9,12H,6-8,17H2,1H3. The van der Waals surface area contributed by atoms with Gasteiger partial charge in [-0.15, -0.1) is 0 Å². The maximum absolute atomic E-state index is 14.2. The zero-order valence-corrected chi connectivity index (χ0v) is 11.4. The zero-order chi connectivity index (χ0) is 14.1. The van der Waals surface area contributed by atoms with Gasteiger partial charge < -0.3 is 10.6 Å². The van der Waals surface area contributed by atoms with Gasteiger partial charge in [0.25, 0.3) is 0 Å². The maximum Gasteiger partial charge on any atom is 0.186 e. The molecule has 1 aliphatic rings. The third-order valence-electron chi connectivity index (χ3n) is 3.60. The minimum absolute atomic E-state index is 0.339. The topological polar surface area (TPSA) is 55.0 Å². The molecule has 1 fully saturated rings. The van der Waals surface area contributed by atoms with E-state index in [1.54, 1.807) is 6.92 Å². The molecule has 20 heavy (non-hydrogen) atoms. The normalized spacial score (nSPS) is 14.3. The summed E-state index contributed by atoms with van der Waals surface area (Å²) in [6.45, 7) is 2.23. The molecule has 2 N–H and O–H groups in total. The molecule has 0 aliphatic heterocycles. The number of aryl methyl sites for hydroxylation is 1. The van der Waals surface area contributed by atoms with Gasteiger partial charge in [-0.2, -0.15) is 0 Å². The van der Waals surface area contributed by atoms with Crippen LogP contribution in [0.1, 0.15) is 24.1 Å². The number of nitrogens with zero attached hydrogens (tertiary/aromatic N) is 3. The molecule has 0 bridgehead atoms. The molecular formula is C15H17FN4. The predicted octanol–water partition coefficient (Wildman–Crippen LogP) is 2.68. The van der Waals surface area contributed by atoms with Crippen LogP contribution in [-0.4, -0.2) is 16.0 Å². The summed E-state index contributed by atoms with van der Waals surface area (Å²) in [5.41, 5.74) is 8.08. The van der Waals surface area contributed by atoms with Crippen molar-refractivity contribution in [3.05, 3.63) is 47.7 Å². The Morgan fingerprint density at radius 3 is 2.75 bits per heavy atom. The highest BCUT2D eigenvalue weighted by atomic mass is 19.1. The van der Waals surface area contributed by atoms with Gasteiger partial charge in [0, 0.05) is 18.3 Å². The summed E-state index contributed by atoms with van der Waals surface area (Å²) in [4.78, 5) is 10.0. The molecule has 0 atom stereocenters. The molecule has 0 amide bonds. The van der Waals surface area contributed by atoms with Crippen LogP contribution in [0.5, 0.6) is 0 Å². The Balaban J connectivity index is 1.94. The van der Waals surface area contributed by atoms with Gasteiger partial charge in [-0.3, -0.25) is 0 Å². The van der Waals surface area contributed by atoms with E-state index < -0.39 is 0 Å². The van der Waals surface area contributed by atoms with Crippen LogP contribution in [0, 0.1) is 12.7 Å². The highest BCUT2D eigenvalue weighted by molar-refractivity contribution is 5.51. The monoisotopic (exact) mass is 272 g/mol. The van der Waals surface area contributed by atoms with Gasteiger partial charge in [-0.25, -0.2) is 14.4 Å². The van der Waals surface area contributed by atoms with Crippen molar-refractivity contribution in [2.75, 3.05) is 10.6 Å². The lowest BCUT2D eigenvalue weighted by molar-refractivity contribution is 0.587. The molecule has 104 valence electrons. The highest BCUT2D eigenvalue weighted by Gasteiger charge is 2.32. The Morgan fingerprint density at radius 1 is 1.30 bits per heavy atom. The molecule has 2 aromatic rings. The van der Waals surface area contributed by atoms with Crippen LogP contribution >= 0.6 is 0 Å². The van der Waals surface area contributed by atoms with E-state index in [1.165, 1.54) is 6.33 Å². The molecular weight excluding hydrogens is 255 g/mol. The lowest BCUT2D eigenvalue weighted by Crippen LogP contribution is -2.28. The number of anilines is 2. The SMILES string of the molecule is Cc1ncnc(N(Cc2ccccc2N)C2CC2)c1F. The maximum atomic E-state index is 14.2. The van der Waals surface area contributed by atoms with Crippen molar-refractivity contribution < 1.29 is 4.39 Å². The molecule has 0 spiro atoms. The van der Waals surface area contributed by atoms with Crippen LogP contribution in [-0.2, 0) is 6.54 Å². The average molecular weight is 272 g/mol. The van der Waals surface area contributed by atoms with Crippen molar-refractivity contribution >= 4 is 11.5 Å². The summed E-state index contributed by atoms with van der Waals surface area (Å²) < 4.78 is 14.2. The quantitative estimate of drug-likeness (QED) is 0.869. The smallest absolute Gasteiger partial charge is 0.186 e. The van der Waals surface area contributed by atoms with Crippen LogP contribution in [0.25, 0.3) is 0 Å². The van der Waals surface area contributed by atoms with E-state index in [4.69, 9.17) is 5.73 Å². The van der Waals surface area contributed by atoms with E-state index >= 15 is 0 Å². The summed E-state index contributed by atoms with van der Waals surface area (Å²) in [7, 11) is 0. The van der Waals surface area contributed by atoms with Crippen LogP contribution in [0.2, 0.25) is 0 Å². The fraction of sp³-hybridized carbons (Fsp3) is 0.333. The van der Waals surface area contributed by atoms with Gasteiger partial charge in [0.2, 0.25) is 0 Å². The second-order valence-electron chi connectivity index (χ2n) is 5.15. The van der Waals surface area contributed by atoms with Gasteiger partial charge in [0.05, 0.1) is 5.69 Å². The largest absolute Gasteiger partial charge is 0.398 e. The molecule has 1 aromatic heterocycles. The number of hydrogen-bond acceptors (Lipinski definition) is 4. The second-order valence-corrected chi connectivity index (χ2v) is 5.15. The van der Waals surface area contributed by atoms with Crippen molar-refractivity contribution in [2.24, 2.45) is 0 Å². The van der Waals surface area contributed by atoms with E-state index in [-0.39, 0.29) is 5.82 Å². The molecule has 4 nitrogen and oxygen atoms in total. The molecule has 1 aromatic carbocycles. The molecule has 0 saturated heterocycles. The summed E-state index contributed by atoms with van der Waals surface area (Å²) in [5, 5.41) is 0. The van der Waals surface area contributed by atoms with Gasteiger partial charge in [-0.05, 0) is 31.4 Å². The van der Waals surface area contributed by atoms with Gasteiger partial charge in [0.15, 0.2) is 11.6 Å². The number of nitrogens with two attached hydrogens (primary N) is 1. The Kier molecular flexibility index (Phi) is 3.26. The van der Waals surface area contributed by atoms with Crippen LogP contribution in [0.4, 0.5) is 15.9 Å². The fourth-order valence-electron chi connectivity index (χ4n) is 2.27. The van der Waals surface area contributed by atoms with Gasteiger partial charge >= 0.3 is 0 Å². The van der Waals surface area contributed by atoms with Crippen LogP contribution in [0.15, 0.2) is 30.6 Å². The van der Waals surface area contributed by atoms with Crippen LogP contribution in [0.3, 0.4) is 0 Å². The van der Waals surface area contributed by atoms with Crippen molar-refractivity contribution in [3.8, 4) is 0 Å². The number of aromatic nitrogens is 2. The highest BCUT2D eigenvalue weighted by Crippen LogP contribution is 2.34. The fourth-order valence-corrected chi connectivity index (χ4v) is 2.27. The molecule has 0 radical (unpaired) electrons. The molecule has 1 aliphatic carbocycles. The van der Waals surface area contributed by atoms with E-state index in [0.29, 0.717) is 24.1 Å². The number of para-hydroxylation sites is 1. The van der Waals surface area contributed by atoms with Crippen molar-refractivity contribution in [1.29, 1.82) is 0 Å². The Bertz CT molecular complexity index is 625. The second kappa shape index (κ2) is 5.07. The first-order valence-electron chi connectivity index (χ1n) is 6.74. The third-order valence-corrected chi connectivity index (χ3v) is 3.60. The lowest BCUT2D eigenvalue weighted by atomic mass is 10.1. The lowest BCUT2D eigenvalue weighted by Gasteiger charge is -2.24. The van der Waals surface area contributed by atoms with Gasteiger partial charge in [0.1, 0.15) is 6.33 Å². The molecule has 1 saturated carbocycles. The molecule has 1 heterocycles. The molecule has 3 rings (SSSR count). The number of rotatable bonds is 4. The first kappa shape index (κ1) is 12.8. The minimum Gasteiger partial charge on any atom is -0.398 e. The van der Waals surface area contributed by atoms with E-state index in [1.807, 2.05) is 29.2 Å². The van der Waals surface area contributed by atoms with E-state index in [9.17, 15) is 4.39 Å². The molecule has 5 heteroatoms. The summed E-state index contributed by atoms with van der Waals surface area (Å²) >= 11 is 0. The summed E-state index contributed by atoms with van der Waals surface area (Å²) in [6, 6.07) is 8.02. The first-order chi connectivity index (χ1) is 9.66. The van der Waals surface area contributed by atoms with Crippen molar-refractivity contribution in [1.82, 2.24) is 9.97 Å². The predicted molar refractivity (Wildman–Crippen MR) is 76.8 cm³/mol. The summed E-state index contributed by atoms with van der Waals surface area (Å²) in [5.74, 6) is 0.0390. The Morgan fingerprint density at radius 2 is 2.05 bits per heavy atom. The number of halogens is 1. The number of hydrogen-bond donors (Lipinski definition) is 1. The van der Waals surface area contributed by atoms with Crippen molar-refractivity contribution in [2.45, 2.75) is 32.4 Å². The number of benzene rings is 1. The Hall–Kier alpha value is -2.17. The van der Waals surface area contributed by atoms with Gasteiger partial charge in [-0.1, -0.05) is 18.2 Å². The molecule has 0 unspecified atom stereocenters. The van der Waals surface area contributed by atoms with E-state index in [2.05, 4.69) is 9.97 Å². The Labute approximate surface area is 117 Å². The van der Waals surface area contributed by atoms with Crippen molar-refractivity contribution in [3.63, 3.8) is 0 Å². The van der Waals surface area contributed by atoms with E-state index in [0.717, 1.165) is 24.1 Å². The number of nitrogen functional groups attached to an aromatic ring is 1. The van der Waals surface area contributed by atoms with Crippen LogP contribution < -0.4 is 10.6 Å². The average Bonchev–Trinajstić information content (AvgIpc) is 3.26. The zero-order valence-electron chi connectivity index (χ0n) is 11.4. The summed E-state index contributed by atoms with van der Waals surface area (Å²) in [6.07, 6.45) is 3.54. The third kappa shape index (κ3) is 2.43.